The van der Waals surface area contributed by atoms with Gasteiger partial charge in [-0.3, -0.25) is 14.6 Å². The van der Waals surface area contributed by atoms with Crippen molar-refractivity contribution in [3.8, 4) is 0 Å². The van der Waals surface area contributed by atoms with Gasteiger partial charge in [-0.1, -0.05) is 6.42 Å². The van der Waals surface area contributed by atoms with Crippen LogP contribution in [0.1, 0.15) is 36.0 Å². The van der Waals surface area contributed by atoms with E-state index in [4.69, 9.17) is 0 Å². The zero-order valence-corrected chi connectivity index (χ0v) is 12.6. The van der Waals surface area contributed by atoms with E-state index in [2.05, 4.69) is 10.3 Å². The zero-order chi connectivity index (χ0) is 15.7. The fourth-order valence-corrected chi connectivity index (χ4v) is 3.99. The molecule has 1 aromatic heterocycles. The monoisotopic (exact) mass is 305 g/mol. The Balaban J connectivity index is 1.77. The van der Waals surface area contributed by atoms with Crippen LogP contribution < -0.4 is 5.32 Å². The van der Waals surface area contributed by atoms with Gasteiger partial charge < -0.3 is 10.2 Å². The summed E-state index contributed by atoms with van der Waals surface area (Å²) in [5.74, 6) is -0.671. The second-order valence-electron chi connectivity index (χ2n) is 6.29. The lowest BCUT2D eigenvalue weighted by atomic mass is 9.76. The smallest absolute Gasteiger partial charge is 0.255 e. The minimum absolute atomic E-state index is 0.0269. The molecular weight excluding hydrogens is 285 g/mol. The van der Waals surface area contributed by atoms with Gasteiger partial charge in [-0.2, -0.15) is 0 Å². The summed E-state index contributed by atoms with van der Waals surface area (Å²) in [6.45, 7) is 1.18. The third-order valence-electron chi connectivity index (χ3n) is 5.09. The van der Waals surface area contributed by atoms with Gasteiger partial charge in [-0.15, -0.1) is 0 Å². The number of likely N-dealkylation sites (tertiary alicyclic amines) is 1. The van der Waals surface area contributed by atoms with Crippen LogP contribution >= 0.6 is 0 Å². The first kappa shape index (κ1) is 14.9. The van der Waals surface area contributed by atoms with Gasteiger partial charge in [0, 0.05) is 37.7 Å². The number of carbonyl (C=O) groups is 2. The Morgan fingerprint density at radius 3 is 2.95 bits per heavy atom. The highest BCUT2D eigenvalue weighted by Crippen LogP contribution is 2.50. The lowest BCUT2D eigenvalue weighted by Crippen LogP contribution is -2.40. The molecule has 1 aliphatic carbocycles. The van der Waals surface area contributed by atoms with E-state index in [0.29, 0.717) is 13.1 Å². The molecule has 3 rings (SSSR count). The number of aromatic nitrogens is 1. The molecular formula is C16H20FN3O2. The van der Waals surface area contributed by atoms with E-state index in [1.54, 1.807) is 11.9 Å². The lowest BCUT2D eigenvalue weighted by Gasteiger charge is -2.30. The summed E-state index contributed by atoms with van der Waals surface area (Å²) < 4.78 is 13.2. The third kappa shape index (κ3) is 2.46. The molecule has 1 aliphatic heterocycles. The van der Waals surface area contributed by atoms with E-state index in [-0.39, 0.29) is 28.7 Å². The molecule has 0 unspecified atom stereocenters. The summed E-state index contributed by atoms with van der Waals surface area (Å²) in [6.07, 6.45) is 6.17. The van der Waals surface area contributed by atoms with E-state index in [9.17, 15) is 14.0 Å². The molecule has 118 valence electrons. The molecule has 2 amide bonds. The van der Waals surface area contributed by atoms with Crippen molar-refractivity contribution in [3.05, 3.63) is 29.8 Å². The molecule has 6 heteroatoms. The molecule has 1 aromatic rings. The highest BCUT2D eigenvalue weighted by molar-refractivity contribution is 5.94. The zero-order valence-electron chi connectivity index (χ0n) is 12.6. The van der Waals surface area contributed by atoms with Crippen LogP contribution in [0.5, 0.6) is 0 Å². The summed E-state index contributed by atoms with van der Waals surface area (Å²) in [7, 11) is 1.66. The molecule has 1 spiro atoms. The van der Waals surface area contributed by atoms with Gasteiger partial charge in [-0.05, 0) is 25.3 Å². The van der Waals surface area contributed by atoms with Crippen molar-refractivity contribution in [2.75, 3.05) is 20.1 Å². The molecule has 0 bridgehead atoms. The first-order valence-electron chi connectivity index (χ1n) is 7.67. The highest BCUT2D eigenvalue weighted by Gasteiger charge is 2.51. The molecule has 0 aromatic carbocycles. The summed E-state index contributed by atoms with van der Waals surface area (Å²) in [6, 6.07) is 1.21. The van der Waals surface area contributed by atoms with Gasteiger partial charge in [-0.25, -0.2) is 4.39 Å². The number of nitrogens with one attached hydrogen (secondary N) is 1. The van der Waals surface area contributed by atoms with E-state index in [1.165, 1.54) is 12.3 Å². The van der Waals surface area contributed by atoms with Crippen molar-refractivity contribution in [2.45, 2.75) is 25.7 Å². The quantitative estimate of drug-likeness (QED) is 0.903. The van der Waals surface area contributed by atoms with Crippen LogP contribution in [0.4, 0.5) is 4.39 Å². The Hall–Kier alpha value is -1.98. The van der Waals surface area contributed by atoms with Crippen LogP contribution in [-0.2, 0) is 4.79 Å². The molecule has 0 radical (unpaired) electrons. The van der Waals surface area contributed by atoms with Gasteiger partial charge in [0.05, 0.1) is 11.8 Å². The minimum atomic E-state index is -0.510. The van der Waals surface area contributed by atoms with Crippen molar-refractivity contribution in [3.63, 3.8) is 0 Å². The highest BCUT2D eigenvalue weighted by atomic mass is 19.1. The van der Waals surface area contributed by atoms with Gasteiger partial charge in [0.2, 0.25) is 5.91 Å². The number of carbonyl (C=O) groups excluding carboxylic acids is 2. The fourth-order valence-electron chi connectivity index (χ4n) is 3.99. The fraction of sp³-hybridized carbons (Fsp3) is 0.562. The van der Waals surface area contributed by atoms with Gasteiger partial charge in [0.25, 0.3) is 5.91 Å². The summed E-state index contributed by atoms with van der Waals surface area (Å²) >= 11 is 0. The number of amides is 2. The SMILES string of the molecule is CNC(=O)[C@@H]1CCC[C@@]12CCN(C(=O)c1cncc(F)c1)C2. The minimum Gasteiger partial charge on any atom is -0.359 e. The standard InChI is InChI=1S/C16H20FN3O2/c1-18-14(21)13-3-2-4-16(13)5-6-20(10-16)15(22)11-7-12(17)9-19-8-11/h7-9,13H,2-6,10H2,1H3,(H,18,21)/t13-,16-/m0/s1. The molecule has 2 atom stereocenters. The van der Waals surface area contributed by atoms with E-state index in [0.717, 1.165) is 31.9 Å². The van der Waals surface area contributed by atoms with Crippen molar-refractivity contribution in [1.29, 1.82) is 0 Å². The second-order valence-corrected chi connectivity index (χ2v) is 6.29. The molecule has 1 saturated heterocycles. The summed E-state index contributed by atoms with van der Waals surface area (Å²) in [4.78, 5) is 30.1. The van der Waals surface area contributed by atoms with Crippen LogP contribution in [0.15, 0.2) is 18.5 Å². The Morgan fingerprint density at radius 2 is 2.23 bits per heavy atom. The van der Waals surface area contributed by atoms with Gasteiger partial charge in [0.1, 0.15) is 5.82 Å². The molecule has 1 saturated carbocycles. The molecule has 22 heavy (non-hydrogen) atoms. The number of hydrogen-bond donors (Lipinski definition) is 1. The predicted octanol–water partition coefficient (Wildman–Crippen LogP) is 1.60. The molecule has 2 fully saturated rings. The first-order chi connectivity index (χ1) is 10.6. The third-order valence-corrected chi connectivity index (χ3v) is 5.09. The van der Waals surface area contributed by atoms with Crippen molar-refractivity contribution >= 4 is 11.8 Å². The number of hydrogen-bond acceptors (Lipinski definition) is 3. The number of nitrogens with zero attached hydrogens (tertiary/aromatic N) is 2. The maximum atomic E-state index is 13.2. The van der Waals surface area contributed by atoms with Crippen LogP contribution in [0.25, 0.3) is 0 Å². The normalized spacial score (nSPS) is 27.4. The predicted molar refractivity (Wildman–Crippen MR) is 78.6 cm³/mol. The van der Waals surface area contributed by atoms with Crippen molar-refractivity contribution < 1.29 is 14.0 Å². The topological polar surface area (TPSA) is 62.3 Å². The Kier molecular flexibility index (Phi) is 3.85. The van der Waals surface area contributed by atoms with Crippen LogP contribution in [-0.4, -0.2) is 41.8 Å². The van der Waals surface area contributed by atoms with E-state index in [1.807, 2.05) is 0 Å². The number of halogens is 1. The Morgan fingerprint density at radius 1 is 1.41 bits per heavy atom. The average molecular weight is 305 g/mol. The van der Waals surface area contributed by atoms with E-state index < -0.39 is 5.82 Å². The van der Waals surface area contributed by atoms with Crippen molar-refractivity contribution in [2.24, 2.45) is 11.3 Å². The van der Waals surface area contributed by atoms with Crippen LogP contribution in [0.3, 0.4) is 0 Å². The number of rotatable bonds is 2. The largest absolute Gasteiger partial charge is 0.359 e. The van der Waals surface area contributed by atoms with E-state index >= 15 is 0 Å². The molecule has 2 aliphatic rings. The van der Waals surface area contributed by atoms with Crippen LogP contribution in [0.2, 0.25) is 0 Å². The molecule has 2 heterocycles. The maximum Gasteiger partial charge on any atom is 0.255 e. The van der Waals surface area contributed by atoms with Crippen molar-refractivity contribution in [1.82, 2.24) is 15.2 Å². The maximum absolute atomic E-state index is 13.2. The summed E-state index contributed by atoms with van der Waals surface area (Å²) in [5, 5.41) is 2.74. The number of pyridine rings is 1. The Bertz CT molecular complexity index is 607. The van der Waals surface area contributed by atoms with Crippen LogP contribution in [0, 0.1) is 17.2 Å². The summed E-state index contributed by atoms with van der Waals surface area (Å²) in [5.41, 5.74) is 0.155. The Labute approximate surface area is 128 Å². The van der Waals surface area contributed by atoms with Gasteiger partial charge >= 0.3 is 0 Å². The van der Waals surface area contributed by atoms with Gasteiger partial charge in [0.15, 0.2) is 0 Å². The lowest BCUT2D eigenvalue weighted by molar-refractivity contribution is -0.127. The average Bonchev–Trinajstić information content (AvgIpc) is 3.13. The first-order valence-corrected chi connectivity index (χ1v) is 7.67. The molecule has 1 N–H and O–H groups in total. The second kappa shape index (κ2) is 5.66. The molecule has 5 nitrogen and oxygen atoms in total.